The first-order valence-corrected chi connectivity index (χ1v) is 6.38. The zero-order valence-corrected chi connectivity index (χ0v) is 10.6. The SMILES string of the molecule is NC(=O)c1csnc1NC(=O)NCCCCCO. The Labute approximate surface area is 109 Å². The van der Waals surface area contributed by atoms with Crippen LogP contribution in [0.4, 0.5) is 10.6 Å². The largest absolute Gasteiger partial charge is 0.396 e. The minimum Gasteiger partial charge on any atom is -0.396 e. The van der Waals surface area contributed by atoms with Crippen LogP contribution in [0.3, 0.4) is 0 Å². The van der Waals surface area contributed by atoms with Crippen LogP contribution in [0.25, 0.3) is 0 Å². The summed E-state index contributed by atoms with van der Waals surface area (Å²) in [5.41, 5.74) is 5.33. The Morgan fingerprint density at radius 1 is 1.39 bits per heavy atom. The standard InChI is InChI=1S/C10H16N4O3S/c11-8(16)7-6-18-14-9(7)13-10(17)12-4-2-1-3-5-15/h6,15H,1-5H2,(H2,11,16)(H2,12,13,14,17). The number of hydrogen-bond acceptors (Lipinski definition) is 5. The van der Waals surface area contributed by atoms with E-state index in [2.05, 4.69) is 15.0 Å². The summed E-state index contributed by atoms with van der Waals surface area (Å²) >= 11 is 1.05. The zero-order valence-electron chi connectivity index (χ0n) is 9.81. The first-order valence-electron chi connectivity index (χ1n) is 5.55. The lowest BCUT2D eigenvalue weighted by Crippen LogP contribution is -2.30. The molecule has 8 heteroatoms. The molecule has 1 rings (SSSR count). The molecule has 0 aromatic carbocycles. The van der Waals surface area contributed by atoms with Gasteiger partial charge < -0.3 is 16.2 Å². The number of nitrogens with zero attached hydrogens (tertiary/aromatic N) is 1. The fourth-order valence-electron chi connectivity index (χ4n) is 1.27. The van der Waals surface area contributed by atoms with Gasteiger partial charge in [-0.05, 0) is 30.8 Å². The third-order valence-corrected chi connectivity index (χ3v) is 2.82. The van der Waals surface area contributed by atoms with E-state index >= 15 is 0 Å². The average molecular weight is 272 g/mol. The topological polar surface area (TPSA) is 117 Å². The second-order valence-corrected chi connectivity index (χ2v) is 4.24. The molecule has 18 heavy (non-hydrogen) atoms. The predicted octanol–water partition coefficient (Wildman–Crippen LogP) is 0.526. The smallest absolute Gasteiger partial charge is 0.320 e. The number of nitrogens with one attached hydrogen (secondary N) is 2. The molecule has 0 aliphatic heterocycles. The van der Waals surface area contributed by atoms with Crippen LogP contribution < -0.4 is 16.4 Å². The quantitative estimate of drug-likeness (QED) is 0.541. The number of nitrogens with two attached hydrogens (primary N) is 1. The van der Waals surface area contributed by atoms with E-state index in [-0.39, 0.29) is 18.0 Å². The predicted molar refractivity (Wildman–Crippen MR) is 68.6 cm³/mol. The molecule has 0 aliphatic carbocycles. The van der Waals surface area contributed by atoms with Gasteiger partial charge in [-0.25, -0.2) is 4.79 Å². The maximum absolute atomic E-state index is 11.5. The lowest BCUT2D eigenvalue weighted by molar-refractivity contribution is 0.100. The number of hydrogen-bond donors (Lipinski definition) is 4. The van der Waals surface area contributed by atoms with E-state index in [0.29, 0.717) is 6.54 Å². The summed E-state index contributed by atoms with van der Waals surface area (Å²) < 4.78 is 3.87. The van der Waals surface area contributed by atoms with Crippen LogP contribution in [0.15, 0.2) is 5.38 Å². The number of carbonyl (C=O) groups is 2. The number of amides is 3. The molecule has 1 aromatic heterocycles. The third-order valence-electron chi connectivity index (χ3n) is 2.19. The Hall–Kier alpha value is -1.67. The van der Waals surface area contributed by atoms with Crippen LogP contribution >= 0.6 is 11.5 Å². The number of aliphatic hydroxyl groups is 1. The lowest BCUT2D eigenvalue weighted by Gasteiger charge is -2.06. The van der Waals surface area contributed by atoms with Crippen molar-refractivity contribution in [3.63, 3.8) is 0 Å². The third kappa shape index (κ3) is 4.68. The van der Waals surface area contributed by atoms with Crippen LogP contribution in [-0.2, 0) is 0 Å². The van der Waals surface area contributed by atoms with Gasteiger partial charge in [0.05, 0.1) is 5.56 Å². The van der Waals surface area contributed by atoms with Gasteiger partial charge in [0.2, 0.25) is 0 Å². The number of carbonyl (C=O) groups excluding carboxylic acids is 2. The number of aromatic nitrogens is 1. The van der Waals surface area contributed by atoms with Crippen LogP contribution in [-0.4, -0.2) is 34.6 Å². The number of urea groups is 1. The Kier molecular flexibility index (Phi) is 6.09. The molecule has 3 amide bonds. The summed E-state index contributed by atoms with van der Waals surface area (Å²) in [4.78, 5) is 22.4. The highest BCUT2D eigenvalue weighted by atomic mass is 32.1. The van der Waals surface area contributed by atoms with Gasteiger partial charge in [-0.3, -0.25) is 10.1 Å². The van der Waals surface area contributed by atoms with Gasteiger partial charge in [0, 0.05) is 18.5 Å². The van der Waals surface area contributed by atoms with Crippen molar-refractivity contribution >= 4 is 29.3 Å². The van der Waals surface area contributed by atoms with Crippen LogP contribution in [0.2, 0.25) is 0 Å². The average Bonchev–Trinajstić information content (AvgIpc) is 2.77. The van der Waals surface area contributed by atoms with Crippen LogP contribution in [0.5, 0.6) is 0 Å². The molecule has 0 bridgehead atoms. The molecule has 0 spiro atoms. The van der Waals surface area contributed by atoms with E-state index in [1.807, 2.05) is 0 Å². The number of aliphatic hydroxyl groups excluding tert-OH is 1. The van der Waals surface area contributed by atoms with Crippen molar-refractivity contribution in [2.75, 3.05) is 18.5 Å². The Bertz CT molecular complexity index is 408. The van der Waals surface area contributed by atoms with Gasteiger partial charge in [0.1, 0.15) is 0 Å². The van der Waals surface area contributed by atoms with Crippen molar-refractivity contribution in [2.45, 2.75) is 19.3 Å². The molecule has 5 N–H and O–H groups in total. The summed E-state index contributed by atoms with van der Waals surface area (Å²) in [5, 5.41) is 15.2. The van der Waals surface area contributed by atoms with E-state index in [9.17, 15) is 9.59 Å². The first kappa shape index (κ1) is 14.4. The molecule has 7 nitrogen and oxygen atoms in total. The van der Waals surface area contributed by atoms with Crippen molar-refractivity contribution in [1.82, 2.24) is 9.69 Å². The highest BCUT2D eigenvalue weighted by Gasteiger charge is 2.13. The van der Waals surface area contributed by atoms with E-state index in [1.54, 1.807) is 0 Å². The summed E-state index contributed by atoms with van der Waals surface area (Å²) in [6.45, 7) is 0.662. The molecule has 0 radical (unpaired) electrons. The van der Waals surface area contributed by atoms with Gasteiger partial charge in [0.25, 0.3) is 5.91 Å². The number of unbranched alkanes of at least 4 members (excludes halogenated alkanes) is 2. The fourth-order valence-corrected chi connectivity index (χ4v) is 1.90. The van der Waals surface area contributed by atoms with Gasteiger partial charge in [-0.15, -0.1) is 0 Å². The maximum Gasteiger partial charge on any atom is 0.320 e. The van der Waals surface area contributed by atoms with Crippen molar-refractivity contribution in [3.8, 4) is 0 Å². The fraction of sp³-hybridized carbons (Fsp3) is 0.500. The van der Waals surface area contributed by atoms with E-state index in [0.717, 1.165) is 30.8 Å². The Morgan fingerprint density at radius 2 is 2.17 bits per heavy atom. The molecular weight excluding hydrogens is 256 g/mol. The molecule has 1 heterocycles. The summed E-state index contributed by atoms with van der Waals surface area (Å²) in [6.07, 6.45) is 2.36. The molecule has 0 atom stereocenters. The molecule has 0 saturated heterocycles. The summed E-state index contributed by atoms with van der Waals surface area (Å²) in [5.74, 6) is -0.442. The highest BCUT2D eigenvalue weighted by molar-refractivity contribution is 7.04. The van der Waals surface area contributed by atoms with Crippen molar-refractivity contribution in [3.05, 3.63) is 10.9 Å². The number of primary amides is 1. The second kappa shape index (κ2) is 7.62. The van der Waals surface area contributed by atoms with Gasteiger partial charge in [-0.1, -0.05) is 0 Å². The molecular formula is C10H16N4O3S. The molecule has 0 aliphatic rings. The normalized spacial score (nSPS) is 10.1. The molecule has 0 saturated carbocycles. The molecule has 1 aromatic rings. The second-order valence-electron chi connectivity index (χ2n) is 3.61. The highest BCUT2D eigenvalue weighted by Crippen LogP contribution is 2.15. The van der Waals surface area contributed by atoms with E-state index in [4.69, 9.17) is 10.8 Å². The maximum atomic E-state index is 11.5. The Morgan fingerprint density at radius 3 is 2.83 bits per heavy atom. The number of anilines is 1. The summed E-state index contributed by atoms with van der Waals surface area (Å²) in [6, 6.07) is -0.424. The molecule has 0 fully saturated rings. The zero-order chi connectivity index (χ0) is 13.4. The minimum atomic E-state index is -0.623. The van der Waals surface area contributed by atoms with Crippen molar-refractivity contribution in [1.29, 1.82) is 0 Å². The number of rotatable bonds is 7. The van der Waals surface area contributed by atoms with Crippen LogP contribution in [0.1, 0.15) is 29.6 Å². The van der Waals surface area contributed by atoms with Gasteiger partial charge in [0.15, 0.2) is 5.82 Å². The monoisotopic (exact) mass is 272 g/mol. The lowest BCUT2D eigenvalue weighted by atomic mass is 10.2. The van der Waals surface area contributed by atoms with E-state index < -0.39 is 11.9 Å². The van der Waals surface area contributed by atoms with Crippen molar-refractivity contribution < 1.29 is 14.7 Å². The van der Waals surface area contributed by atoms with Gasteiger partial charge in [-0.2, -0.15) is 4.37 Å². The van der Waals surface area contributed by atoms with E-state index in [1.165, 1.54) is 5.38 Å². The van der Waals surface area contributed by atoms with Crippen LogP contribution in [0, 0.1) is 0 Å². The molecule has 100 valence electrons. The first-order chi connectivity index (χ1) is 8.65. The van der Waals surface area contributed by atoms with Gasteiger partial charge >= 0.3 is 6.03 Å². The summed E-state index contributed by atoms with van der Waals surface area (Å²) in [7, 11) is 0. The Balaban J connectivity index is 2.31. The minimum absolute atomic E-state index is 0.160. The molecule has 0 unspecified atom stereocenters. The van der Waals surface area contributed by atoms with Crippen molar-refractivity contribution in [2.24, 2.45) is 5.73 Å².